The fourth-order valence-electron chi connectivity index (χ4n) is 2.00. The van der Waals surface area contributed by atoms with Gasteiger partial charge in [0.25, 0.3) is 5.91 Å². The number of carbonyl (C=O) groups is 1. The standard InChI is InChI=1S/C15H23NO3/c1-6-9-15(3,19-5)14(17)16-12-7-8-13(18-4)11(2)10-12/h7-8,10H,6,9H2,1-5H3,(H,16,17). The van der Waals surface area contributed by atoms with Gasteiger partial charge < -0.3 is 14.8 Å². The fraction of sp³-hybridized carbons (Fsp3) is 0.533. The molecule has 106 valence electrons. The van der Waals surface area contributed by atoms with Crippen molar-refractivity contribution in [2.75, 3.05) is 19.5 Å². The third kappa shape index (κ3) is 3.70. The van der Waals surface area contributed by atoms with Crippen LogP contribution in [-0.2, 0) is 9.53 Å². The van der Waals surface area contributed by atoms with Gasteiger partial charge in [-0.05, 0) is 44.0 Å². The number of rotatable bonds is 6. The van der Waals surface area contributed by atoms with Crippen LogP contribution in [0, 0.1) is 6.92 Å². The van der Waals surface area contributed by atoms with Crippen LogP contribution in [0.2, 0.25) is 0 Å². The topological polar surface area (TPSA) is 47.6 Å². The number of ether oxygens (including phenoxy) is 2. The van der Waals surface area contributed by atoms with Crippen molar-refractivity contribution in [2.45, 2.75) is 39.2 Å². The summed E-state index contributed by atoms with van der Waals surface area (Å²) in [5, 5.41) is 2.89. The van der Waals surface area contributed by atoms with Crippen LogP contribution in [0.15, 0.2) is 18.2 Å². The molecule has 0 radical (unpaired) electrons. The van der Waals surface area contributed by atoms with E-state index in [-0.39, 0.29) is 5.91 Å². The van der Waals surface area contributed by atoms with Crippen LogP contribution in [0.5, 0.6) is 5.75 Å². The van der Waals surface area contributed by atoms with Gasteiger partial charge in [0.15, 0.2) is 0 Å². The molecular formula is C15H23NO3. The van der Waals surface area contributed by atoms with Crippen molar-refractivity contribution < 1.29 is 14.3 Å². The molecular weight excluding hydrogens is 242 g/mol. The lowest BCUT2D eigenvalue weighted by molar-refractivity contribution is -0.136. The van der Waals surface area contributed by atoms with Crippen molar-refractivity contribution in [2.24, 2.45) is 0 Å². The van der Waals surface area contributed by atoms with Crippen molar-refractivity contribution in [1.82, 2.24) is 0 Å². The van der Waals surface area contributed by atoms with Gasteiger partial charge in [-0.1, -0.05) is 13.3 Å². The molecule has 1 rings (SSSR count). The number of aryl methyl sites for hydroxylation is 1. The van der Waals surface area contributed by atoms with E-state index in [4.69, 9.17) is 9.47 Å². The number of hydrogen-bond acceptors (Lipinski definition) is 3. The Morgan fingerprint density at radius 2 is 2.05 bits per heavy atom. The van der Waals surface area contributed by atoms with E-state index in [1.54, 1.807) is 14.2 Å². The average molecular weight is 265 g/mol. The van der Waals surface area contributed by atoms with Crippen LogP contribution in [0.1, 0.15) is 32.3 Å². The molecule has 0 aromatic heterocycles. The van der Waals surface area contributed by atoms with Gasteiger partial charge in [0, 0.05) is 12.8 Å². The number of hydrogen-bond donors (Lipinski definition) is 1. The highest BCUT2D eigenvalue weighted by molar-refractivity contribution is 5.97. The molecule has 1 unspecified atom stereocenters. The summed E-state index contributed by atoms with van der Waals surface area (Å²) in [6.45, 7) is 5.78. The third-order valence-electron chi connectivity index (χ3n) is 3.31. The maximum absolute atomic E-state index is 12.3. The first kappa shape index (κ1) is 15.5. The maximum Gasteiger partial charge on any atom is 0.256 e. The summed E-state index contributed by atoms with van der Waals surface area (Å²) in [6.07, 6.45) is 1.57. The minimum atomic E-state index is -0.789. The van der Waals surface area contributed by atoms with E-state index in [0.29, 0.717) is 6.42 Å². The minimum Gasteiger partial charge on any atom is -0.496 e. The second kappa shape index (κ2) is 6.57. The van der Waals surface area contributed by atoms with Crippen LogP contribution < -0.4 is 10.1 Å². The Kier molecular flexibility index (Phi) is 5.36. The fourth-order valence-corrected chi connectivity index (χ4v) is 2.00. The molecule has 4 heteroatoms. The second-order valence-electron chi connectivity index (χ2n) is 4.82. The van der Waals surface area contributed by atoms with Gasteiger partial charge in [0.05, 0.1) is 7.11 Å². The summed E-state index contributed by atoms with van der Waals surface area (Å²) in [4.78, 5) is 12.3. The summed E-state index contributed by atoms with van der Waals surface area (Å²) in [5.41, 5.74) is 0.945. The van der Waals surface area contributed by atoms with Gasteiger partial charge in [0.2, 0.25) is 0 Å². The van der Waals surface area contributed by atoms with E-state index in [2.05, 4.69) is 5.32 Å². The lowest BCUT2D eigenvalue weighted by Crippen LogP contribution is -2.41. The Labute approximate surface area is 115 Å². The molecule has 4 nitrogen and oxygen atoms in total. The van der Waals surface area contributed by atoms with Gasteiger partial charge in [-0.15, -0.1) is 0 Å². The van der Waals surface area contributed by atoms with Gasteiger partial charge >= 0.3 is 0 Å². The largest absolute Gasteiger partial charge is 0.496 e. The number of methoxy groups -OCH3 is 2. The Balaban J connectivity index is 2.84. The SMILES string of the molecule is CCCC(C)(OC)C(=O)Nc1ccc(OC)c(C)c1. The molecule has 0 aliphatic rings. The average Bonchev–Trinajstić information content (AvgIpc) is 2.39. The summed E-state index contributed by atoms with van der Waals surface area (Å²) in [5.74, 6) is 0.683. The van der Waals surface area contributed by atoms with Gasteiger partial charge in [-0.3, -0.25) is 4.79 Å². The van der Waals surface area contributed by atoms with Crippen LogP contribution in [0.4, 0.5) is 5.69 Å². The monoisotopic (exact) mass is 265 g/mol. The molecule has 0 heterocycles. The number of anilines is 1. The highest BCUT2D eigenvalue weighted by Gasteiger charge is 2.32. The van der Waals surface area contributed by atoms with E-state index < -0.39 is 5.60 Å². The third-order valence-corrected chi connectivity index (χ3v) is 3.31. The second-order valence-corrected chi connectivity index (χ2v) is 4.82. The lowest BCUT2D eigenvalue weighted by atomic mass is 9.99. The number of carbonyl (C=O) groups excluding carboxylic acids is 1. The molecule has 0 saturated heterocycles. The molecule has 0 saturated carbocycles. The minimum absolute atomic E-state index is 0.124. The molecule has 1 N–H and O–H groups in total. The normalized spacial score (nSPS) is 13.7. The molecule has 0 aliphatic carbocycles. The quantitative estimate of drug-likeness (QED) is 0.859. The summed E-state index contributed by atoms with van der Waals surface area (Å²) < 4.78 is 10.5. The van der Waals surface area contributed by atoms with Crippen LogP contribution in [0.25, 0.3) is 0 Å². The van der Waals surface area contributed by atoms with Crippen LogP contribution in [-0.4, -0.2) is 25.7 Å². The number of amides is 1. The van der Waals surface area contributed by atoms with Gasteiger partial charge in [-0.2, -0.15) is 0 Å². The van der Waals surface area contributed by atoms with Crippen LogP contribution in [0.3, 0.4) is 0 Å². The number of nitrogens with one attached hydrogen (secondary N) is 1. The zero-order chi connectivity index (χ0) is 14.5. The van der Waals surface area contributed by atoms with Crippen molar-refractivity contribution in [3.63, 3.8) is 0 Å². The van der Waals surface area contributed by atoms with Crippen molar-refractivity contribution in [1.29, 1.82) is 0 Å². The smallest absolute Gasteiger partial charge is 0.256 e. The molecule has 0 bridgehead atoms. The first-order valence-corrected chi connectivity index (χ1v) is 6.48. The van der Waals surface area contributed by atoms with E-state index in [1.165, 1.54) is 0 Å². The molecule has 19 heavy (non-hydrogen) atoms. The first-order valence-electron chi connectivity index (χ1n) is 6.48. The van der Waals surface area contributed by atoms with Gasteiger partial charge in [-0.25, -0.2) is 0 Å². The van der Waals surface area contributed by atoms with Crippen molar-refractivity contribution in [3.05, 3.63) is 23.8 Å². The Morgan fingerprint density at radius 3 is 2.53 bits per heavy atom. The molecule has 0 aliphatic heterocycles. The van der Waals surface area contributed by atoms with Crippen molar-refractivity contribution >= 4 is 11.6 Å². The van der Waals surface area contributed by atoms with E-state index >= 15 is 0 Å². The van der Waals surface area contributed by atoms with Gasteiger partial charge in [0.1, 0.15) is 11.4 Å². The zero-order valence-electron chi connectivity index (χ0n) is 12.4. The zero-order valence-corrected chi connectivity index (χ0v) is 12.4. The summed E-state index contributed by atoms with van der Waals surface area (Å²) >= 11 is 0. The summed E-state index contributed by atoms with van der Waals surface area (Å²) in [7, 11) is 3.19. The van der Waals surface area contributed by atoms with E-state index in [1.807, 2.05) is 39.0 Å². The maximum atomic E-state index is 12.3. The van der Waals surface area contributed by atoms with E-state index in [9.17, 15) is 4.79 Å². The predicted molar refractivity (Wildman–Crippen MR) is 76.7 cm³/mol. The highest BCUT2D eigenvalue weighted by atomic mass is 16.5. The molecule has 0 spiro atoms. The highest BCUT2D eigenvalue weighted by Crippen LogP contribution is 2.24. The molecule has 1 aromatic carbocycles. The Hall–Kier alpha value is -1.55. The van der Waals surface area contributed by atoms with Crippen LogP contribution >= 0.6 is 0 Å². The Morgan fingerprint density at radius 1 is 1.37 bits per heavy atom. The number of benzene rings is 1. The molecule has 1 amide bonds. The predicted octanol–water partition coefficient (Wildman–Crippen LogP) is 3.15. The van der Waals surface area contributed by atoms with Crippen molar-refractivity contribution in [3.8, 4) is 5.75 Å². The Bertz CT molecular complexity index is 445. The summed E-state index contributed by atoms with van der Waals surface area (Å²) in [6, 6.07) is 5.55. The first-order chi connectivity index (χ1) is 8.96. The van der Waals surface area contributed by atoms with E-state index in [0.717, 1.165) is 23.4 Å². The molecule has 1 atom stereocenters. The molecule has 1 aromatic rings. The molecule has 0 fully saturated rings. The lowest BCUT2D eigenvalue weighted by Gasteiger charge is -2.26.